The molecule has 0 fully saturated rings. The second kappa shape index (κ2) is 4.15. The van der Waals surface area contributed by atoms with Gasteiger partial charge in [-0.15, -0.1) is 0 Å². The van der Waals surface area contributed by atoms with Crippen molar-refractivity contribution in [2.75, 3.05) is 0 Å². The van der Waals surface area contributed by atoms with Gasteiger partial charge in [0, 0.05) is 11.7 Å². The fourth-order valence-corrected chi connectivity index (χ4v) is 1.47. The lowest BCUT2D eigenvalue weighted by atomic mass is 9.99. The summed E-state index contributed by atoms with van der Waals surface area (Å²) in [7, 11) is 0. The van der Waals surface area contributed by atoms with Crippen molar-refractivity contribution in [3.05, 3.63) is 36.1 Å². The summed E-state index contributed by atoms with van der Waals surface area (Å²) in [5.41, 5.74) is 2.58. The summed E-state index contributed by atoms with van der Waals surface area (Å²) in [5.74, 6) is 0. The molecule has 0 aliphatic carbocycles. The molecule has 0 aromatic carbocycles. The Hall–Kier alpha value is -0.980. The van der Waals surface area contributed by atoms with Gasteiger partial charge in [-0.25, -0.2) is 0 Å². The van der Waals surface area contributed by atoms with Gasteiger partial charge in [0.2, 0.25) is 0 Å². The van der Waals surface area contributed by atoms with Gasteiger partial charge >= 0.3 is 0 Å². The second-order valence-corrected chi connectivity index (χ2v) is 3.23. The molecule has 12 heavy (non-hydrogen) atoms. The van der Waals surface area contributed by atoms with E-state index in [-0.39, 0.29) is 0 Å². The van der Waals surface area contributed by atoms with E-state index >= 15 is 0 Å². The number of allylic oxidation sites excluding steroid dienone is 4. The minimum absolute atomic E-state index is 0.597. The van der Waals surface area contributed by atoms with Gasteiger partial charge in [-0.05, 0) is 38.3 Å². The molecule has 0 bridgehead atoms. The van der Waals surface area contributed by atoms with Gasteiger partial charge in [-0.2, -0.15) is 0 Å². The molecule has 0 saturated carbocycles. The molecule has 1 heterocycles. The molecule has 1 unspecified atom stereocenters. The third kappa shape index (κ3) is 2.00. The molecular formula is C11H17N. The van der Waals surface area contributed by atoms with Crippen LogP contribution in [0.3, 0.4) is 0 Å². The summed E-state index contributed by atoms with van der Waals surface area (Å²) in [6.45, 7) is 8.06. The first kappa shape index (κ1) is 9.11. The van der Waals surface area contributed by atoms with Gasteiger partial charge in [0.1, 0.15) is 0 Å². The standard InChI is InChI=1S/C11H17N/c1-4-6-11-10(5-2)8-7-9(3)12-11/h4-6,9,12H,2,7-8H2,1,3H3/b6-4-. The van der Waals surface area contributed by atoms with Crippen LogP contribution >= 0.6 is 0 Å². The Kier molecular flexibility index (Phi) is 3.15. The Bertz CT molecular complexity index is 223. The third-order valence-electron chi connectivity index (χ3n) is 2.17. The molecule has 0 aromatic rings. The lowest BCUT2D eigenvalue weighted by Gasteiger charge is -2.24. The first-order valence-corrected chi connectivity index (χ1v) is 4.52. The lowest BCUT2D eigenvalue weighted by molar-refractivity contribution is 0.542. The fourth-order valence-electron chi connectivity index (χ4n) is 1.47. The number of nitrogens with one attached hydrogen (secondary N) is 1. The maximum atomic E-state index is 3.81. The predicted molar refractivity (Wildman–Crippen MR) is 53.9 cm³/mol. The Morgan fingerprint density at radius 1 is 1.58 bits per heavy atom. The molecule has 1 atom stereocenters. The summed E-state index contributed by atoms with van der Waals surface area (Å²) in [6, 6.07) is 0.597. The van der Waals surface area contributed by atoms with Crippen LogP contribution in [0.25, 0.3) is 0 Å². The van der Waals surface area contributed by atoms with Crippen LogP contribution in [0.2, 0.25) is 0 Å². The van der Waals surface area contributed by atoms with E-state index in [1.807, 2.05) is 13.0 Å². The molecule has 0 aromatic heterocycles. The Labute approximate surface area is 74.9 Å². The van der Waals surface area contributed by atoms with Crippen molar-refractivity contribution >= 4 is 0 Å². The average molecular weight is 163 g/mol. The molecular weight excluding hydrogens is 146 g/mol. The zero-order chi connectivity index (χ0) is 8.97. The molecule has 1 aliphatic heterocycles. The maximum absolute atomic E-state index is 3.81. The summed E-state index contributed by atoms with van der Waals surface area (Å²) in [6.07, 6.45) is 8.49. The number of hydrogen-bond acceptors (Lipinski definition) is 1. The quantitative estimate of drug-likeness (QED) is 0.660. The second-order valence-electron chi connectivity index (χ2n) is 3.23. The van der Waals surface area contributed by atoms with Crippen molar-refractivity contribution < 1.29 is 0 Å². The predicted octanol–water partition coefficient (Wildman–Crippen LogP) is 2.77. The summed E-state index contributed by atoms with van der Waals surface area (Å²) >= 11 is 0. The summed E-state index contributed by atoms with van der Waals surface area (Å²) in [4.78, 5) is 0. The highest BCUT2D eigenvalue weighted by Gasteiger charge is 2.12. The van der Waals surface area contributed by atoms with E-state index in [1.54, 1.807) is 0 Å². The molecule has 66 valence electrons. The van der Waals surface area contributed by atoms with Gasteiger partial charge in [0.25, 0.3) is 0 Å². The van der Waals surface area contributed by atoms with Crippen LogP contribution in [0, 0.1) is 0 Å². The van der Waals surface area contributed by atoms with Gasteiger partial charge in [0.05, 0.1) is 0 Å². The van der Waals surface area contributed by atoms with Gasteiger partial charge in [-0.3, -0.25) is 0 Å². The van der Waals surface area contributed by atoms with E-state index in [0.717, 1.165) is 6.42 Å². The van der Waals surface area contributed by atoms with Crippen molar-refractivity contribution in [1.29, 1.82) is 0 Å². The molecule has 0 spiro atoms. The minimum Gasteiger partial charge on any atom is -0.382 e. The van der Waals surface area contributed by atoms with Crippen molar-refractivity contribution in [2.45, 2.75) is 32.7 Å². The molecule has 1 aliphatic rings. The van der Waals surface area contributed by atoms with E-state index in [4.69, 9.17) is 0 Å². The SMILES string of the molecule is C=CC1=C(/C=C\C)NC(C)CC1. The van der Waals surface area contributed by atoms with E-state index in [0.29, 0.717) is 6.04 Å². The molecule has 1 heteroatoms. The first-order chi connectivity index (χ1) is 5.77. The maximum Gasteiger partial charge on any atom is 0.0371 e. The highest BCUT2D eigenvalue weighted by atomic mass is 14.9. The van der Waals surface area contributed by atoms with Crippen LogP contribution < -0.4 is 5.32 Å². The van der Waals surface area contributed by atoms with Crippen LogP contribution in [-0.4, -0.2) is 6.04 Å². The zero-order valence-corrected chi connectivity index (χ0v) is 7.93. The van der Waals surface area contributed by atoms with Crippen molar-refractivity contribution in [1.82, 2.24) is 5.32 Å². The van der Waals surface area contributed by atoms with Gasteiger partial charge in [-0.1, -0.05) is 18.7 Å². The van der Waals surface area contributed by atoms with E-state index in [2.05, 4.69) is 31.0 Å². The van der Waals surface area contributed by atoms with Gasteiger partial charge in [0.15, 0.2) is 0 Å². The molecule has 1 rings (SSSR count). The van der Waals surface area contributed by atoms with Crippen LogP contribution in [-0.2, 0) is 0 Å². The smallest absolute Gasteiger partial charge is 0.0371 e. The highest BCUT2D eigenvalue weighted by molar-refractivity contribution is 5.33. The Balaban J connectivity index is 2.84. The minimum atomic E-state index is 0.597. The van der Waals surface area contributed by atoms with Crippen LogP contribution in [0.1, 0.15) is 26.7 Å². The van der Waals surface area contributed by atoms with Crippen molar-refractivity contribution in [2.24, 2.45) is 0 Å². The van der Waals surface area contributed by atoms with E-state index in [1.165, 1.54) is 17.7 Å². The summed E-state index contributed by atoms with van der Waals surface area (Å²) in [5, 5.41) is 3.44. The lowest BCUT2D eigenvalue weighted by Crippen LogP contribution is -2.29. The highest BCUT2D eigenvalue weighted by Crippen LogP contribution is 2.19. The van der Waals surface area contributed by atoms with Gasteiger partial charge < -0.3 is 5.32 Å². The average Bonchev–Trinajstić information content (AvgIpc) is 2.05. The third-order valence-corrected chi connectivity index (χ3v) is 2.17. The molecule has 1 N–H and O–H groups in total. The topological polar surface area (TPSA) is 12.0 Å². The van der Waals surface area contributed by atoms with E-state index < -0.39 is 0 Å². The molecule has 1 nitrogen and oxygen atoms in total. The Morgan fingerprint density at radius 2 is 2.33 bits per heavy atom. The zero-order valence-electron chi connectivity index (χ0n) is 7.93. The van der Waals surface area contributed by atoms with Crippen LogP contribution in [0.5, 0.6) is 0 Å². The van der Waals surface area contributed by atoms with Crippen LogP contribution in [0.15, 0.2) is 36.1 Å². The first-order valence-electron chi connectivity index (χ1n) is 4.52. The molecule has 0 amide bonds. The summed E-state index contributed by atoms with van der Waals surface area (Å²) < 4.78 is 0. The van der Waals surface area contributed by atoms with E-state index in [9.17, 15) is 0 Å². The normalized spacial score (nSPS) is 24.3. The number of hydrogen-bond donors (Lipinski definition) is 1. The molecule has 0 saturated heterocycles. The van der Waals surface area contributed by atoms with Crippen molar-refractivity contribution in [3.63, 3.8) is 0 Å². The monoisotopic (exact) mass is 163 g/mol. The van der Waals surface area contributed by atoms with Crippen molar-refractivity contribution in [3.8, 4) is 0 Å². The fraction of sp³-hybridized carbons (Fsp3) is 0.455. The largest absolute Gasteiger partial charge is 0.382 e. The Morgan fingerprint density at radius 3 is 2.92 bits per heavy atom. The van der Waals surface area contributed by atoms with Crippen LogP contribution in [0.4, 0.5) is 0 Å². The number of rotatable bonds is 2. The molecule has 0 radical (unpaired) electrons.